The van der Waals surface area contributed by atoms with Crippen LogP contribution in [0.3, 0.4) is 0 Å². The second-order valence-electron chi connectivity index (χ2n) is 5.07. The van der Waals surface area contributed by atoms with Gasteiger partial charge in [0.2, 0.25) is 5.88 Å². The molecule has 0 saturated carbocycles. The molecule has 1 N–H and O–H groups in total. The smallest absolute Gasteiger partial charge is 0.218 e. The summed E-state index contributed by atoms with van der Waals surface area (Å²) in [6.07, 6.45) is 0.154. The minimum absolute atomic E-state index is 0.154. The van der Waals surface area contributed by atoms with E-state index in [1.165, 1.54) is 5.56 Å². The summed E-state index contributed by atoms with van der Waals surface area (Å²) in [7, 11) is 0. The van der Waals surface area contributed by atoms with E-state index in [2.05, 4.69) is 37.1 Å². The van der Waals surface area contributed by atoms with Crippen LogP contribution in [0, 0.1) is 13.8 Å². The van der Waals surface area contributed by atoms with Crippen LogP contribution in [0.15, 0.2) is 6.07 Å². The lowest BCUT2D eigenvalue weighted by Crippen LogP contribution is -2.23. The van der Waals surface area contributed by atoms with Gasteiger partial charge in [0.1, 0.15) is 0 Å². The van der Waals surface area contributed by atoms with Gasteiger partial charge in [-0.3, -0.25) is 0 Å². The molecule has 1 aromatic heterocycles. The molecule has 1 rings (SSSR count). The third-order valence-electron chi connectivity index (χ3n) is 2.47. The fourth-order valence-corrected chi connectivity index (χ4v) is 1.67. The quantitative estimate of drug-likeness (QED) is 0.853. The maximum Gasteiger partial charge on any atom is 0.218 e. The predicted octanol–water partition coefficient (Wildman–Crippen LogP) is 2.98. The largest absolute Gasteiger partial charge is 0.475 e. The van der Waals surface area contributed by atoms with Crippen LogP contribution < -0.4 is 10.1 Å². The summed E-state index contributed by atoms with van der Waals surface area (Å²) in [5.74, 6) is 0.769. The zero-order valence-corrected chi connectivity index (χ0v) is 11.8. The van der Waals surface area contributed by atoms with Gasteiger partial charge in [-0.25, -0.2) is 4.98 Å². The van der Waals surface area contributed by atoms with Crippen molar-refractivity contribution in [2.75, 3.05) is 0 Å². The SMILES string of the molecule is Cc1cc(C)c(CNC(C)C)c(OC(C)C)n1. The van der Waals surface area contributed by atoms with E-state index in [-0.39, 0.29) is 6.10 Å². The highest BCUT2D eigenvalue weighted by atomic mass is 16.5. The molecule has 0 aliphatic rings. The van der Waals surface area contributed by atoms with Crippen molar-refractivity contribution in [1.29, 1.82) is 0 Å². The van der Waals surface area contributed by atoms with Crippen molar-refractivity contribution in [1.82, 2.24) is 10.3 Å². The maximum absolute atomic E-state index is 5.79. The van der Waals surface area contributed by atoms with Crippen molar-refractivity contribution in [3.8, 4) is 5.88 Å². The van der Waals surface area contributed by atoms with E-state index < -0.39 is 0 Å². The minimum Gasteiger partial charge on any atom is -0.475 e. The third-order valence-corrected chi connectivity index (χ3v) is 2.47. The molecule has 0 saturated heterocycles. The molecule has 0 amide bonds. The lowest BCUT2D eigenvalue weighted by Gasteiger charge is -2.17. The Hall–Kier alpha value is -1.09. The minimum atomic E-state index is 0.154. The first-order valence-corrected chi connectivity index (χ1v) is 6.27. The number of rotatable bonds is 5. The highest BCUT2D eigenvalue weighted by Gasteiger charge is 2.11. The monoisotopic (exact) mass is 236 g/mol. The highest BCUT2D eigenvalue weighted by Crippen LogP contribution is 2.22. The average Bonchev–Trinajstić information content (AvgIpc) is 2.14. The fraction of sp³-hybridized carbons (Fsp3) is 0.643. The van der Waals surface area contributed by atoms with Crippen molar-refractivity contribution < 1.29 is 4.74 Å². The van der Waals surface area contributed by atoms with Gasteiger partial charge >= 0.3 is 0 Å². The second kappa shape index (κ2) is 6.01. The Labute approximate surface area is 105 Å². The Balaban J connectivity index is 2.98. The van der Waals surface area contributed by atoms with Gasteiger partial charge in [-0.2, -0.15) is 0 Å². The zero-order valence-electron chi connectivity index (χ0n) is 11.8. The molecular formula is C14H24N2O. The number of aromatic nitrogens is 1. The molecule has 17 heavy (non-hydrogen) atoms. The third kappa shape index (κ3) is 4.35. The Morgan fingerprint density at radius 2 is 1.88 bits per heavy atom. The topological polar surface area (TPSA) is 34.1 Å². The first-order valence-electron chi connectivity index (χ1n) is 6.27. The second-order valence-corrected chi connectivity index (χ2v) is 5.07. The Kier molecular flexibility index (Phi) is 4.94. The molecule has 0 aliphatic carbocycles. The van der Waals surface area contributed by atoms with E-state index in [4.69, 9.17) is 4.74 Å². The van der Waals surface area contributed by atoms with Crippen LogP contribution in [-0.4, -0.2) is 17.1 Å². The van der Waals surface area contributed by atoms with Crippen molar-refractivity contribution in [2.45, 2.75) is 60.2 Å². The van der Waals surface area contributed by atoms with Crippen molar-refractivity contribution >= 4 is 0 Å². The molecule has 0 spiro atoms. The van der Waals surface area contributed by atoms with Gasteiger partial charge in [0.15, 0.2) is 0 Å². The number of ether oxygens (including phenoxy) is 1. The van der Waals surface area contributed by atoms with Crippen LogP contribution in [-0.2, 0) is 6.54 Å². The first kappa shape index (κ1) is 14.0. The highest BCUT2D eigenvalue weighted by molar-refractivity contribution is 5.36. The predicted molar refractivity (Wildman–Crippen MR) is 71.5 cm³/mol. The number of pyridine rings is 1. The number of hydrogen-bond donors (Lipinski definition) is 1. The molecule has 1 heterocycles. The molecule has 0 aliphatic heterocycles. The van der Waals surface area contributed by atoms with E-state index >= 15 is 0 Å². The summed E-state index contributed by atoms with van der Waals surface area (Å²) in [5, 5.41) is 3.42. The molecule has 3 heteroatoms. The standard InChI is InChI=1S/C14H24N2O/c1-9(2)15-8-13-11(5)7-12(6)16-14(13)17-10(3)4/h7,9-10,15H,8H2,1-6H3. The fourth-order valence-electron chi connectivity index (χ4n) is 1.67. The van der Waals surface area contributed by atoms with Crippen molar-refractivity contribution in [2.24, 2.45) is 0 Å². The van der Waals surface area contributed by atoms with E-state index in [9.17, 15) is 0 Å². The summed E-state index contributed by atoms with van der Waals surface area (Å²) < 4.78 is 5.79. The summed E-state index contributed by atoms with van der Waals surface area (Å²) in [6.45, 7) is 13.2. The molecule has 0 atom stereocenters. The molecule has 0 radical (unpaired) electrons. The zero-order chi connectivity index (χ0) is 13.0. The van der Waals surface area contributed by atoms with E-state index in [1.54, 1.807) is 0 Å². The van der Waals surface area contributed by atoms with E-state index in [1.807, 2.05) is 20.8 Å². The summed E-state index contributed by atoms with van der Waals surface area (Å²) in [4.78, 5) is 4.49. The lowest BCUT2D eigenvalue weighted by atomic mass is 10.1. The molecule has 0 unspecified atom stereocenters. The van der Waals surface area contributed by atoms with Crippen LogP contribution in [0.4, 0.5) is 0 Å². The molecule has 1 aromatic rings. The van der Waals surface area contributed by atoms with Crippen LogP contribution in [0.25, 0.3) is 0 Å². The normalized spacial score (nSPS) is 11.3. The summed E-state index contributed by atoms with van der Waals surface area (Å²) in [6, 6.07) is 2.56. The summed E-state index contributed by atoms with van der Waals surface area (Å²) >= 11 is 0. The Bertz CT molecular complexity index is 373. The number of nitrogens with zero attached hydrogens (tertiary/aromatic N) is 1. The van der Waals surface area contributed by atoms with Gasteiger partial charge < -0.3 is 10.1 Å². The Morgan fingerprint density at radius 1 is 1.24 bits per heavy atom. The lowest BCUT2D eigenvalue weighted by molar-refractivity contribution is 0.228. The maximum atomic E-state index is 5.79. The van der Waals surface area contributed by atoms with Gasteiger partial charge in [-0.1, -0.05) is 13.8 Å². The van der Waals surface area contributed by atoms with Crippen LogP contribution in [0.5, 0.6) is 5.88 Å². The van der Waals surface area contributed by atoms with Gasteiger partial charge in [0.05, 0.1) is 6.10 Å². The molecule has 96 valence electrons. The van der Waals surface area contributed by atoms with Crippen LogP contribution in [0.1, 0.15) is 44.5 Å². The molecule has 0 fully saturated rings. The first-order chi connectivity index (χ1) is 7.90. The van der Waals surface area contributed by atoms with Gasteiger partial charge in [0.25, 0.3) is 0 Å². The molecular weight excluding hydrogens is 212 g/mol. The molecule has 0 aromatic carbocycles. The molecule has 3 nitrogen and oxygen atoms in total. The summed E-state index contributed by atoms with van der Waals surface area (Å²) in [5.41, 5.74) is 3.41. The number of nitrogens with one attached hydrogen (secondary N) is 1. The van der Waals surface area contributed by atoms with Crippen LogP contribution >= 0.6 is 0 Å². The number of hydrogen-bond acceptors (Lipinski definition) is 3. The van der Waals surface area contributed by atoms with Crippen LogP contribution in [0.2, 0.25) is 0 Å². The van der Waals surface area contributed by atoms with Gasteiger partial charge in [-0.15, -0.1) is 0 Å². The Morgan fingerprint density at radius 3 is 2.41 bits per heavy atom. The van der Waals surface area contributed by atoms with Crippen molar-refractivity contribution in [3.05, 3.63) is 22.9 Å². The van der Waals surface area contributed by atoms with E-state index in [0.29, 0.717) is 6.04 Å². The molecule has 0 bridgehead atoms. The number of aryl methyl sites for hydroxylation is 2. The van der Waals surface area contributed by atoms with E-state index in [0.717, 1.165) is 23.7 Å². The van der Waals surface area contributed by atoms with Gasteiger partial charge in [0, 0.05) is 23.8 Å². The average molecular weight is 236 g/mol. The van der Waals surface area contributed by atoms with Gasteiger partial charge in [-0.05, 0) is 39.3 Å². The van der Waals surface area contributed by atoms with Crippen molar-refractivity contribution in [3.63, 3.8) is 0 Å².